The fourth-order valence-electron chi connectivity index (χ4n) is 1.54. The fourth-order valence-corrected chi connectivity index (χ4v) is 1.54. The highest BCUT2D eigenvalue weighted by molar-refractivity contribution is 5.48. The zero-order chi connectivity index (χ0) is 20.8. The Kier molecular flexibility index (Phi) is 5.91. The minimum Gasteiger partial charge on any atom is -0.166 e. The van der Waals surface area contributed by atoms with E-state index in [0.29, 0.717) is 0 Å². The smallest absolute Gasteiger partial charge is 0.166 e. The van der Waals surface area contributed by atoms with Crippen molar-refractivity contribution in [3.05, 3.63) is 22.3 Å². The second-order valence-corrected chi connectivity index (χ2v) is 4.24. The molecular formula is C10H3F15. The molecule has 0 N–H and O–H groups in total. The molecule has 0 spiro atoms. The molecule has 0 nitrogen and oxygen atoms in total. The van der Waals surface area contributed by atoms with Crippen LogP contribution in [-0.2, 0) is 0 Å². The lowest BCUT2D eigenvalue weighted by molar-refractivity contribution is -0.183. The van der Waals surface area contributed by atoms with Gasteiger partial charge in [-0.05, 0) is 6.92 Å². The quantitative estimate of drug-likeness (QED) is 0.348. The summed E-state index contributed by atoms with van der Waals surface area (Å²) in [6.07, 6.45) is -34.3. The topological polar surface area (TPSA) is 0 Å². The van der Waals surface area contributed by atoms with Gasteiger partial charge in [0.25, 0.3) is 0 Å². The van der Waals surface area contributed by atoms with Crippen LogP contribution in [0.4, 0.5) is 65.9 Å². The van der Waals surface area contributed by atoms with E-state index >= 15 is 0 Å². The SMILES string of the molecule is C/C(=C(\C(=C(C(F)(F)F)C(F)(F)F)C(F)(F)F)C(F)(F)F)C(F)(F)F. The van der Waals surface area contributed by atoms with Gasteiger partial charge in [-0.2, -0.15) is 65.9 Å². The van der Waals surface area contributed by atoms with Crippen LogP contribution in [0.2, 0.25) is 0 Å². The third-order valence-electron chi connectivity index (χ3n) is 2.43. The van der Waals surface area contributed by atoms with Crippen molar-refractivity contribution in [2.24, 2.45) is 0 Å². The van der Waals surface area contributed by atoms with Gasteiger partial charge in [0.05, 0.1) is 11.1 Å². The number of hydrogen-bond acceptors (Lipinski definition) is 0. The minimum absolute atomic E-state index is 0.723. The van der Waals surface area contributed by atoms with Gasteiger partial charge < -0.3 is 0 Å². The van der Waals surface area contributed by atoms with Gasteiger partial charge in [0.2, 0.25) is 0 Å². The maximum Gasteiger partial charge on any atom is 0.421 e. The van der Waals surface area contributed by atoms with Gasteiger partial charge in [-0.15, -0.1) is 0 Å². The number of alkyl halides is 15. The average Bonchev–Trinajstić information content (AvgIpc) is 2.19. The van der Waals surface area contributed by atoms with Crippen molar-refractivity contribution in [2.45, 2.75) is 37.8 Å². The molecule has 0 aromatic rings. The van der Waals surface area contributed by atoms with Crippen molar-refractivity contribution in [1.82, 2.24) is 0 Å². The molecule has 0 amide bonds. The highest BCUT2D eigenvalue weighted by atomic mass is 19.4. The molecule has 0 aliphatic heterocycles. The molecular weight excluding hydrogens is 405 g/mol. The molecule has 0 fully saturated rings. The van der Waals surface area contributed by atoms with Crippen LogP contribution in [0.25, 0.3) is 0 Å². The van der Waals surface area contributed by atoms with Crippen LogP contribution in [0.3, 0.4) is 0 Å². The second-order valence-electron chi connectivity index (χ2n) is 4.24. The molecule has 0 rings (SSSR count). The van der Waals surface area contributed by atoms with Crippen LogP contribution in [0.5, 0.6) is 0 Å². The zero-order valence-corrected chi connectivity index (χ0v) is 11.2. The molecule has 25 heavy (non-hydrogen) atoms. The van der Waals surface area contributed by atoms with Crippen LogP contribution in [0.1, 0.15) is 6.92 Å². The Morgan fingerprint density at radius 3 is 0.840 bits per heavy atom. The lowest BCUT2D eigenvalue weighted by Crippen LogP contribution is -2.36. The largest absolute Gasteiger partial charge is 0.421 e. The van der Waals surface area contributed by atoms with E-state index in [0.717, 1.165) is 0 Å². The summed E-state index contributed by atoms with van der Waals surface area (Å²) < 4.78 is 187. The van der Waals surface area contributed by atoms with Gasteiger partial charge in [-0.3, -0.25) is 0 Å². The van der Waals surface area contributed by atoms with Gasteiger partial charge in [-0.1, -0.05) is 0 Å². The predicted octanol–water partition coefficient (Wildman–Crippen LogP) is 6.41. The normalized spacial score (nSPS) is 15.8. The van der Waals surface area contributed by atoms with Crippen LogP contribution < -0.4 is 0 Å². The van der Waals surface area contributed by atoms with E-state index in [4.69, 9.17) is 0 Å². The molecule has 0 unspecified atom stereocenters. The van der Waals surface area contributed by atoms with Gasteiger partial charge in [0.15, 0.2) is 0 Å². The number of rotatable bonds is 1. The Bertz CT molecular complexity index is 538. The van der Waals surface area contributed by atoms with E-state index in [2.05, 4.69) is 0 Å². The van der Waals surface area contributed by atoms with Crippen molar-refractivity contribution in [2.75, 3.05) is 0 Å². The number of allylic oxidation sites excluding steroid dienone is 4. The van der Waals surface area contributed by atoms with Gasteiger partial charge in [0.1, 0.15) is 5.57 Å². The number of hydrogen-bond donors (Lipinski definition) is 0. The van der Waals surface area contributed by atoms with E-state index in [1.807, 2.05) is 0 Å². The van der Waals surface area contributed by atoms with Gasteiger partial charge in [0, 0.05) is 5.57 Å². The Morgan fingerprint density at radius 2 is 0.680 bits per heavy atom. The van der Waals surface area contributed by atoms with Crippen molar-refractivity contribution in [3.63, 3.8) is 0 Å². The van der Waals surface area contributed by atoms with E-state index in [9.17, 15) is 65.9 Å². The molecule has 15 heteroatoms. The Labute approximate surface area is 127 Å². The monoisotopic (exact) mass is 408 g/mol. The highest BCUT2D eigenvalue weighted by Crippen LogP contribution is 2.52. The van der Waals surface area contributed by atoms with Gasteiger partial charge in [-0.25, -0.2) is 0 Å². The Balaban J connectivity index is 7.57. The summed E-state index contributed by atoms with van der Waals surface area (Å²) in [5.74, 6) is 0. The lowest BCUT2D eigenvalue weighted by atomic mass is 9.93. The van der Waals surface area contributed by atoms with E-state index < -0.39 is 60.1 Å². The Morgan fingerprint density at radius 1 is 0.400 bits per heavy atom. The summed E-state index contributed by atoms with van der Waals surface area (Å²) in [6, 6.07) is 0. The summed E-state index contributed by atoms with van der Waals surface area (Å²) in [5.41, 5.74) is -16.7. The van der Waals surface area contributed by atoms with Crippen molar-refractivity contribution >= 4 is 0 Å². The number of halogens is 15. The molecule has 0 atom stereocenters. The predicted molar refractivity (Wildman–Crippen MR) is 50.0 cm³/mol. The van der Waals surface area contributed by atoms with Crippen LogP contribution in [0.15, 0.2) is 22.3 Å². The summed E-state index contributed by atoms with van der Waals surface area (Å²) >= 11 is 0. The third-order valence-corrected chi connectivity index (χ3v) is 2.43. The molecule has 0 heterocycles. The van der Waals surface area contributed by atoms with Crippen molar-refractivity contribution < 1.29 is 65.9 Å². The summed E-state index contributed by atoms with van der Waals surface area (Å²) in [5, 5.41) is 0. The Hall–Kier alpha value is -1.57. The molecule has 148 valence electrons. The van der Waals surface area contributed by atoms with E-state index in [1.54, 1.807) is 0 Å². The average molecular weight is 408 g/mol. The molecule has 0 bridgehead atoms. The molecule has 0 aromatic heterocycles. The van der Waals surface area contributed by atoms with Gasteiger partial charge >= 0.3 is 30.9 Å². The summed E-state index contributed by atoms with van der Waals surface area (Å²) in [6.45, 7) is -0.723. The van der Waals surface area contributed by atoms with Crippen molar-refractivity contribution in [3.8, 4) is 0 Å². The van der Waals surface area contributed by atoms with Crippen LogP contribution >= 0.6 is 0 Å². The standard InChI is InChI=1S/C10H3F15/c1-2(6(11,12)13)3(7(14,15)16)4(8(17,18)19)5(9(20,21)22)10(23,24)25/h1H3/b3-2-. The first-order valence-corrected chi connectivity index (χ1v) is 5.33. The van der Waals surface area contributed by atoms with E-state index in [-0.39, 0.29) is 0 Å². The summed E-state index contributed by atoms with van der Waals surface area (Å²) in [7, 11) is 0. The maximum absolute atomic E-state index is 12.6. The maximum atomic E-state index is 12.6. The first kappa shape index (κ1) is 23.4. The third kappa shape index (κ3) is 5.73. The highest BCUT2D eigenvalue weighted by Gasteiger charge is 2.62. The second kappa shape index (κ2) is 6.30. The van der Waals surface area contributed by atoms with E-state index in [1.165, 1.54) is 0 Å². The summed E-state index contributed by atoms with van der Waals surface area (Å²) in [4.78, 5) is 0. The molecule has 0 aliphatic carbocycles. The molecule has 0 aliphatic rings. The zero-order valence-electron chi connectivity index (χ0n) is 11.2. The first-order valence-electron chi connectivity index (χ1n) is 5.33. The lowest BCUT2D eigenvalue weighted by Gasteiger charge is -2.26. The van der Waals surface area contributed by atoms with Crippen molar-refractivity contribution in [1.29, 1.82) is 0 Å². The van der Waals surface area contributed by atoms with Crippen LogP contribution in [-0.4, -0.2) is 30.9 Å². The van der Waals surface area contributed by atoms with Crippen LogP contribution in [0, 0.1) is 0 Å². The minimum atomic E-state index is -7.08. The molecule has 0 saturated heterocycles. The fraction of sp³-hybridized carbons (Fsp3) is 0.600. The molecule has 0 radical (unpaired) electrons. The molecule has 0 saturated carbocycles. The molecule has 0 aromatic carbocycles. The first-order chi connectivity index (χ1) is 10.5.